The van der Waals surface area contributed by atoms with Gasteiger partial charge in [0.15, 0.2) is 0 Å². The van der Waals surface area contributed by atoms with Crippen LogP contribution in [0.4, 0.5) is 11.4 Å². The van der Waals surface area contributed by atoms with E-state index in [1.165, 1.54) is 16.3 Å². The summed E-state index contributed by atoms with van der Waals surface area (Å²) in [5.41, 5.74) is 8.72. The van der Waals surface area contributed by atoms with Crippen molar-refractivity contribution in [3.63, 3.8) is 0 Å². The summed E-state index contributed by atoms with van der Waals surface area (Å²) < 4.78 is 2.09. The van der Waals surface area contributed by atoms with Crippen LogP contribution in [0.3, 0.4) is 0 Å². The van der Waals surface area contributed by atoms with Gasteiger partial charge in [0.05, 0.1) is 13.1 Å². The third-order valence-electron chi connectivity index (χ3n) is 9.65. The molecule has 7 nitrogen and oxygen atoms in total. The van der Waals surface area contributed by atoms with E-state index < -0.39 is 0 Å². The number of benzene rings is 4. The van der Waals surface area contributed by atoms with Gasteiger partial charge in [-0.25, -0.2) is 0 Å². The predicted octanol–water partition coefficient (Wildman–Crippen LogP) is 7.18. The lowest BCUT2D eigenvalue weighted by Crippen LogP contribution is -2.49. The first-order valence-corrected chi connectivity index (χ1v) is 16.2. The second-order valence-corrected chi connectivity index (χ2v) is 12.4. The molecule has 8 rings (SSSR count). The molecule has 2 aliphatic heterocycles. The molecule has 2 aromatic heterocycles. The van der Waals surface area contributed by atoms with Gasteiger partial charge in [-0.1, -0.05) is 66.7 Å². The van der Waals surface area contributed by atoms with Gasteiger partial charge < -0.3 is 19.3 Å². The molecule has 232 valence electrons. The highest BCUT2D eigenvalue weighted by Gasteiger charge is 2.30. The number of fused-ring (bicyclic) bond motifs is 3. The number of hydrogen-bond donors (Lipinski definition) is 0. The average molecular weight is 618 g/mol. The van der Waals surface area contributed by atoms with Crippen LogP contribution in [-0.4, -0.2) is 52.4 Å². The number of pyridine rings is 1. The number of hydrogen-bond acceptors (Lipinski definition) is 4. The van der Waals surface area contributed by atoms with Crippen molar-refractivity contribution >= 4 is 34.0 Å². The van der Waals surface area contributed by atoms with Crippen LogP contribution < -0.4 is 9.80 Å². The fraction of sp³-hybridized carbons (Fsp3) is 0.175. The highest BCUT2D eigenvalue weighted by Crippen LogP contribution is 2.33. The van der Waals surface area contributed by atoms with Crippen LogP contribution in [0, 0.1) is 6.92 Å². The van der Waals surface area contributed by atoms with Gasteiger partial charge in [0.2, 0.25) is 0 Å². The Labute approximate surface area is 274 Å². The number of para-hydroxylation sites is 1. The molecule has 6 aromatic rings. The number of aryl methyl sites for hydroxylation is 1. The van der Waals surface area contributed by atoms with Crippen LogP contribution in [0.5, 0.6) is 0 Å². The van der Waals surface area contributed by atoms with Gasteiger partial charge in [-0.3, -0.25) is 14.6 Å². The lowest BCUT2D eigenvalue weighted by atomic mass is 9.95. The van der Waals surface area contributed by atoms with Crippen molar-refractivity contribution in [1.82, 2.24) is 14.5 Å². The second kappa shape index (κ2) is 11.9. The Hall–Kier alpha value is -5.69. The smallest absolute Gasteiger partial charge is 0.270 e. The Morgan fingerprint density at radius 3 is 2.17 bits per heavy atom. The molecule has 0 atom stereocenters. The third kappa shape index (κ3) is 5.23. The average Bonchev–Trinajstić information content (AvgIpc) is 3.44. The molecular weight excluding hydrogens is 582 g/mol. The summed E-state index contributed by atoms with van der Waals surface area (Å²) in [6.07, 6.45) is 3.60. The van der Waals surface area contributed by atoms with Crippen LogP contribution in [0.2, 0.25) is 0 Å². The van der Waals surface area contributed by atoms with E-state index in [4.69, 9.17) is 0 Å². The standard InChI is InChI=1S/C40H35N5O2/c1-28-10-16-35(36-8-4-3-7-34(28)36)29-11-13-30(14-12-29)39(46)45-27-33-15-17-38(44(33)26-31-6-2-5-9-37(31)45)40(47)43-24-22-42(23-25-43)32-18-20-41-21-19-32/h2-21H,22-27H2,1H3. The minimum Gasteiger partial charge on any atom is -0.368 e. The molecule has 2 amide bonds. The normalized spacial score (nSPS) is 14.4. The fourth-order valence-corrected chi connectivity index (χ4v) is 7.06. The lowest BCUT2D eigenvalue weighted by molar-refractivity contribution is 0.0736. The number of rotatable bonds is 4. The minimum absolute atomic E-state index is 0.0297. The van der Waals surface area contributed by atoms with Crippen molar-refractivity contribution in [2.45, 2.75) is 20.0 Å². The lowest BCUT2D eigenvalue weighted by Gasteiger charge is -2.36. The number of carbonyl (C=O) groups is 2. The van der Waals surface area contributed by atoms with Crippen molar-refractivity contribution in [2.24, 2.45) is 0 Å². The van der Waals surface area contributed by atoms with Gasteiger partial charge in [0.25, 0.3) is 11.8 Å². The molecule has 1 fully saturated rings. The van der Waals surface area contributed by atoms with E-state index in [9.17, 15) is 9.59 Å². The fourth-order valence-electron chi connectivity index (χ4n) is 7.06. The summed E-state index contributed by atoms with van der Waals surface area (Å²) in [6.45, 7) is 5.88. The first kappa shape index (κ1) is 28.8. The molecule has 0 bridgehead atoms. The van der Waals surface area contributed by atoms with E-state index >= 15 is 0 Å². The molecule has 0 N–H and O–H groups in total. The maximum absolute atomic E-state index is 14.2. The quantitative estimate of drug-likeness (QED) is 0.210. The molecule has 0 saturated carbocycles. The van der Waals surface area contributed by atoms with Gasteiger partial charge in [-0.05, 0) is 82.4 Å². The van der Waals surface area contributed by atoms with Gasteiger partial charge >= 0.3 is 0 Å². The number of anilines is 2. The zero-order chi connectivity index (χ0) is 31.9. The number of piperazine rings is 1. The van der Waals surface area contributed by atoms with Crippen LogP contribution in [-0.2, 0) is 13.1 Å². The molecule has 7 heteroatoms. The van der Waals surface area contributed by atoms with Gasteiger partial charge in [0, 0.05) is 61.2 Å². The Bertz CT molecular complexity index is 2110. The Morgan fingerprint density at radius 1 is 0.660 bits per heavy atom. The van der Waals surface area contributed by atoms with Crippen LogP contribution in [0.15, 0.2) is 122 Å². The second-order valence-electron chi connectivity index (χ2n) is 12.4. The molecule has 4 aromatic carbocycles. The van der Waals surface area contributed by atoms with Crippen molar-refractivity contribution in [3.05, 3.63) is 150 Å². The molecule has 0 radical (unpaired) electrons. The number of amides is 2. The van der Waals surface area contributed by atoms with Gasteiger partial charge in [-0.15, -0.1) is 0 Å². The number of carbonyl (C=O) groups excluding carboxylic acids is 2. The van der Waals surface area contributed by atoms with E-state index in [1.807, 2.05) is 76.5 Å². The van der Waals surface area contributed by atoms with E-state index in [0.29, 0.717) is 37.4 Å². The van der Waals surface area contributed by atoms with Crippen molar-refractivity contribution in [2.75, 3.05) is 36.0 Å². The third-order valence-corrected chi connectivity index (χ3v) is 9.65. The topological polar surface area (TPSA) is 61.7 Å². The monoisotopic (exact) mass is 617 g/mol. The summed E-state index contributed by atoms with van der Waals surface area (Å²) in [7, 11) is 0. The highest BCUT2D eigenvalue weighted by molar-refractivity contribution is 6.07. The molecule has 4 heterocycles. The van der Waals surface area contributed by atoms with Gasteiger partial charge in [0.1, 0.15) is 5.69 Å². The van der Waals surface area contributed by atoms with Crippen LogP contribution >= 0.6 is 0 Å². The van der Waals surface area contributed by atoms with E-state index in [0.717, 1.165) is 46.8 Å². The summed E-state index contributed by atoms with van der Waals surface area (Å²) in [5.74, 6) is -0.0328. The van der Waals surface area contributed by atoms with Crippen molar-refractivity contribution in [1.29, 1.82) is 0 Å². The predicted molar refractivity (Wildman–Crippen MR) is 187 cm³/mol. The van der Waals surface area contributed by atoms with E-state index in [1.54, 1.807) is 12.4 Å². The molecule has 1 saturated heterocycles. The Balaban J connectivity index is 1.05. The first-order chi connectivity index (χ1) is 23.0. The minimum atomic E-state index is -0.0625. The molecular formula is C40H35N5O2. The maximum Gasteiger partial charge on any atom is 0.270 e. The summed E-state index contributed by atoms with van der Waals surface area (Å²) in [4.78, 5) is 38.3. The van der Waals surface area contributed by atoms with Crippen LogP contribution in [0.1, 0.15) is 37.7 Å². The summed E-state index contributed by atoms with van der Waals surface area (Å²) in [5, 5.41) is 2.44. The van der Waals surface area contributed by atoms with Gasteiger partial charge in [-0.2, -0.15) is 0 Å². The highest BCUT2D eigenvalue weighted by atomic mass is 16.2. The summed E-state index contributed by atoms with van der Waals surface area (Å²) in [6, 6.07) is 36.7. The molecule has 2 aliphatic rings. The first-order valence-electron chi connectivity index (χ1n) is 16.2. The molecule has 0 aliphatic carbocycles. The van der Waals surface area contributed by atoms with Crippen LogP contribution in [0.25, 0.3) is 21.9 Å². The SMILES string of the molecule is Cc1ccc(-c2ccc(C(=O)N3Cc4ccc(C(=O)N5CCN(c6ccncc6)CC5)n4Cc4ccccc43)cc2)c2ccccc12. The number of aromatic nitrogens is 2. The maximum atomic E-state index is 14.2. The largest absolute Gasteiger partial charge is 0.368 e. The molecule has 0 spiro atoms. The van der Waals surface area contributed by atoms with Crippen molar-refractivity contribution < 1.29 is 9.59 Å². The molecule has 0 unspecified atom stereocenters. The Kier molecular flexibility index (Phi) is 7.29. The summed E-state index contributed by atoms with van der Waals surface area (Å²) >= 11 is 0. The Morgan fingerprint density at radius 2 is 1.38 bits per heavy atom. The van der Waals surface area contributed by atoms with E-state index in [2.05, 4.69) is 63.8 Å². The zero-order valence-corrected chi connectivity index (χ0v) is 26.3. The zero-order valence-electron chi connectivity index (χ0n) is 26.3. The van der Waals surface area contributed by atoms with E-state index in [-0.39, 0.29) is 11.8 Å². The number of nitrogens with zero attached hydrogens (tertiary/aromatic N) is 5. The molecule has 47 heavy (non-hydrogen) atoms. The van der Waals surface area contributed by atoms with Crippen molar-refractivity contribution in [3.8, 4) is 11.1 Å².